The van der Waals surface area contributed by atoms with Gasteiger partial charge in [-0.05, 0) is 87.6 Å². The Bertz CT molecular complexity index is 2200. The Morgan fingerprint density at radius 1 is 0.324 bits per heavy atom. The summed E-state index contributed by atoms with van der Waals surface area (Å²) in [6.07, 6.45) is 0. The SMILES string of the molecule is c1ccc2c(c1)-c1ccccc1C21c2ccccc2-c2c1c1c3ccccc3c1c1c3ccccc3c21. The Labute approximate surface area is 214 Å². The summed E-state index contributed by atoms with van der Waals surface area (Å²) in [5.41, 5.74) is 11.0. The van der Waals surface area contributed by atoms with Crippen LogP contribution in [0.5, 0.6) is 0 Å². The van der Waals surface area contributed by atoms with E-state index in [0.29, 0.717) is 0 Å². The maximum Gasteiger partial charge on any atom is 0.0732 e. The van der Waals surface area contributed by atoms with Gasteiger partial charge in [0.1, 0.15) is 0 Å². The Hall–Kier alpha value is -4.68. The molecule has 0 fully saturated rings. The molecule has 0 unspecified atom stereocenters. The van der Waals surface area contributed by atoms with Crippen molar-refractivity contribution in [2.45, 2.75) is 5.41 Å². The van der Waals surface area contributed by atoms with Crippen molar-refractivity contribution < 1.29 is 0 Å². The summed E-state index contributed by atoms with van der Waals surface area (Å²) in [6, 6.07) is 45.5. The summed E-state index contributed by atoms with van der Waals surface area (Å²) < 4.78 is 0. The van der Waals surface area contributed by atoms with Gasteiger partial charge in [-0.15, -0.1) is 0 Å². The number of fused-ring (bicyclic) bond motifs is 21. The predicted octanol–water partition coefficient (Wildman–Crippen LogP) is 9.52. The molecule has 1 spiro atoms. The summed E-state index contributed by atoms with van der Waals surface area (Å²) in [4.78, 5) is 0. The van der Waals surface area contributed by atoms with Crippen molar-refractivity contribution in [1.82, 2.24) is 0 Å². The molecule has 0 N–H and O–H groups in total. The van der Waals surface area contributed by atoms with Gasteiger partial charge in [-0.3, -0.25) is 0 Å². The van der Waals surface area contributed by atoms with Gasteiger partial charge in [-0.2, -0.15) is 0 Å². The first-order chi connectivity index (χ1) is 18.4. The Morgan fingerprint density at radius 2 is 0.703 bits per heavy atom. The van der Waals surface area contributed by atoms with E-state index >= 15 is 0 Å². The molecule has 0 radical (unpaired) electrons. The normalized spacial score (nSPS) is 14.7. The first-order valence-corrected chi connectivity index (χ1v) is 13.1. The first kappa shape index (κ1) is 18.6. The van der Waals surface area contributed by atoms with Gasteiger partial charge < -0.3 is 0 Å². The van der Waals surface area contributed by atoms with Crippen LogP contribution in [0, 0.1) is 0 Å². The molecule has 0 heteroatoms. The van der Waals surface area contributed by atoms with Crippen LogP contribution in [-0.2, 0) is 5.41 Å². The lowest BCUT2D eigenvalue weighted by Gasteiger charge is -2.34. The van der Waals surface area contributed by atoms with E-state index in [-0.39, 0.29) is 5.41 Å². The van der Waals surface area contributed by atoms with Crippen LogP contribution in [-0.4, -0.2) is 0 Å². The molecule has 0 saturated carbocycles. The maximum absolute atomic E-state index is 2.39. The van der Waals surface area contributed by atoms with Gasteiger partial charge in [0, 0.05) is 0 Å². The lowest BCUT2D eigenvalue weighted by molar-refractivity contribution is 0.802. The molecule has 8 aromatic rings. The van der Waals surface area contributed by atoms with Crippen molar-refractivity contribution in [3.8, 4) is 22.3 Å². The average Bonchev–Trinajstić information content (AvgIpc) is 3.40. The number of benzene rings is 6. The van der Waals surface area contributed by atoms with Gasteiger partial charge in [0.05, 0.1) is 5.41 Å². The van der Waals surface area contributed by atoms with Crippen LogP contribution in [0.1, 0.15) is 22.3 Å². The average molecular weight is 465 g/mol. The zero-order valence-corrected chi connectivity index (χ0v) is 20.0. The van der Waals surface area contributed by atoms with Gasteiger partial charge in [0.25, 0.3) is 0 Å². The highest BCUT2D eigenvalue weighted by molar-refractivity contribution is 6.47. The third-order valence-electron chi connectivity index (χ3n) is 9.36. The summed E-state index contributed by atoms with van der Waals surface area (Å²) in [5.74, 6) is 0. The van der Waals surface area contributed by atoms with E-state index in [1.807, 2.05) is 0 Å². The highest BCUT2D eigenvalue weighted by atomic mass is 14.5. The molecular weight excluding hydrogens is 444 g/mol. The topological polar surface area (TPSA) is 0 Å². The first-order valence-electron chi connectivity index (χ1n) is 13.1. The van der Waals surface area contributed by atoms with Gasteiger partial charge in [0.2, 0.25) is 0 Å². The van der Waals surface area contributed by atoms with E-state index in [0.717, 1.165) is 0 Å². The quantitative estimate of drug-likeness (QED) is 0.210. The molecule has 0 bridgehead atoms. The van der Waals surface area contributed by atoms with E-state index < -0.39 is 0 Å². The van der Waals surface area contributed by atoms with E-state index in [9.17, 15) is 0 Å². The highest BCUT2D eigenvalue weighted by Gasteiger charge is 2.53. The minimum absolute atomic E-state index is 0.309. The fraction of sp³-hybridized carbons (Fsp3) is 0.0270. The van der Waals surface area contributed by atoms with Crippen LogP contribution < -0.4 is 0 Å². The van der Waals surface area contributed by atoms with E-state index in [1.165, 1.54) is 87.6 Å². The van der Waals surface area contributed by atoms with E-state index in [2.05, 4.69) is 121 Å². The summed E-state index contributed by atoms with van der Waals surface area (Å²) >= 11 is 0. The smallest absolute Gasteiger partial charge is 0.0619 e. The van der Waals surface area contributed by atoms with E-state index in [1.54, 1.807) is 0 Å². The number of hydrogen-bond acceptors (Lipinski definition) is 0. The summed E-state index contributed by atoms with van der Waals surface area (Å²) in [6.45, 7) is 0. The molecule has 0 nitrogen and oxygen atoms in total. The zero-order chi connectivity index (χ0) is 23.9. The molecule has 0 aromatic heterocycles. The lowest BCUT2D eigenvalue weighted by Crippen LogP contribution is -2.26. The highest BCUT2D eigenvalue weighted by Crippen LogP contribution is 2.68. The van der Waals surface area contributed by atoms with Crippen molar-refractivity contribution in [1.29, 1.82) is 0 Å². The molecule has 10 rings (SSSR count). The van der Waals surface area contributed by atoms with Crippen LogP contribution in [0.25, 0.3) is 65.3 Å². The van der Waals surface area contributed by atoms with Crippen molar-refractivity contribution in [3.05, 3.63) is 144 Å². The minimum atomic E-state index is -0.309. The third-order valence-corrected chi connectivity index (χ3v) is 9.36. The van der Waals surface area contributed by atoms with Crippen molar-refractivity contribution in [2.24, 2.45) is 0 Å². The number of rotatable bonds is 0. The molecule has 8 aromatic carbocycles. The van der Waals surface area contributed by atoms with Gasteiger partial charge >= 0.3 is 0 Å². The zero-order valence-electron chi connectivity index (χ0n) is 20.0. The molecule has 0 heterocycles. The van der Waals surface area contributed by atoms with Gasteiger partial charge in [-0.1, -0.05) is 121 Å². The lowest BCUT2D eigenvalue weighted by atomic mass is 9.67. The van der Waals surface area contributed by atoms with Crippen LogP contribution in [0.2, 0.25) is 0 Å². The van der Waals surface area contributed by atoms with Crippen molar-refractivity contribution in [3.63, 3.8) is 0 Å². The molecule has 0 aliphatic heterocycles. The Morgan fingerprint density at radius 3 is 1.27 bits per heavy atom. The van der Waals surface area contributed by atoms with Crippen LogP contribution >= 0.6 is 0 Å². The molecule has 37 heavy (non-hydrogen) atoms. The molecule has 0 amide bonds. The van der Waals surface area contributed by atoms with Crippen molar-refractivity contribution in [2.75, 3.05) is 0 Å². The molecule has 2 aliphatic rings. The third kappa shape index (κ3) is 1.80. The maximum atomic E-state index is 2.39. The van der Waals surface area contributed by atoms with Gasteiger partial charge in [0.15, 0.2) is 0 Å². The van der Waals surface area contributed by atoms with Crippen LogP contribution in [0.15, 0.2) is 121 Å². The van der Waals surface area contributed by atoms with Gasteiger partial charge in [-0.25, -0.2) is 0 Å². The molecule has 168 valence electrons. The Kier molecular flexibility index (Phi) is 3.01. The molecule has 0 saturated heterocycles. The predicted molar refractivity (Wildman–Crippen MR) is 155 cm³/mol. The fourth-order valence-corrected chi connectivity index (χ4v) is 8.14. The number of hydrogen-bond donors (Lipinski definition) is 0. The standard InChI is InChI=1S/C37H20/c1-2-14-24-23(13-1)31-32-25-15-3-4-16-26(25)34(32)36-35(33(24)31)27-17-7-10-20-30(27)37(36)28-18-8-5-11-21(28)22-12-6-9-19-29(22)37/h1-20H. The second-order valence-corrected chi connectivity index (χ2v) is 10.7. The second kappa shape index (κ2) is 5.99. The summed E-state index contributed by atoms with van der Waals surface area (Å²) in [5, 5.41) is 11.4. The molecular formula is C37H20. The summed E-state index contributed by atoms with van der Waals surface area (Å²) in [7, 11) is 0. The van der Waals surface area contributed by atoms with Crippen molar-refractivity contribution >= 4 is 43.1 Å². The van der Waals surface area contributed by atoms with Crippen LogP contribution in [0.4, 0.5) is 0 Å². The monoisotopic (exact) mass is 464 g/mol. The largest absolute Gasteiger partial charge is 0.0732 e. The molecule has 0 atom stereocenters. The molecule has 2 aliphatic carbocycles. The van der Waals surface area contributed by atoms with Crippen LogP contribution in [0.3, 0.4) is 0 Å². The minimum Gasteiger partial charge on any atom is -0.0619 e. The fourth-order valence-electron chi connectivity index (χ4n) is 8.14. The van der Waals surface area contributed by atoms with E-state index in [4.69, 9.17) is 0 Å². The Balaban J connectivity index is 1.55. The second-order valence-electron chi connectivity index (χ2n) is 10.7.